The van der Waals surface area contributed by atoms with Crippen LogP contribution in [0.25, 0.3) is 0 Å². The summed E-state index contributed by atoms with van der Waals surface area (Å²) >= 11 is 6.03. The molecular weight excluding hydrogens is 297 g/mol. The second-order valence-corrected chi connectivity index (χ2v) is 8.13. The van der Waals surface area contributed by atoms with Gasteiger partial charge in [-0.25, -0.2) is 4.39 Å². The van der Waals surface area contributed by atoms with E-state index in [1.54, 1.807) is 0 Å². The first-order valence-electron chi connectivity index (χ1n) is 8.97. The largest absolute Gasteiger partial charge is 0.391 e. The summed E-state index contributed by atoms with van der Waals surface area (Å²) in [6.45, 7) is 0. The number of hydrogen-bond acceptors (Lipinski definition) is 1. The summed E-state index contributed by atoms with van der Waals surface area (Å²) < 4.78 is 14.4. The lowest BCUT2D eigenvalue weighted by Crippen LogP contribution is -2.41. The molecule has 0 aromatic heterocycles. The van der Waals surface area contributed by atoms with Gasteiger partial charge in [-0.1, -0.05) is 43.1 Å². The molecule has 2 saturated carbocycles. The van der Waals surface area contributed by atoms with Gasteiger partial charge in [0.1, 0.15) is 6.17 Å². The van der Waals surface area contributed by atoms with E-state index in [-0.39, 0.29) is 5.92 Å². The summed E-state index contributed by atoms with van der Waals surface area (Å²) in [6, 6.07) is 0. The second kappa shape index (κ2) is 7.26. The average molecular weight is 325 g/mol. The minimum atomic E-state index is -1.10. The van der Waals surface area contributed by atoms with Gasteiger partial charge in [0, 0.05) is 5.92 Å². The zero-order valence-corrected chi connectivity index (χ0v) is 14.0. The second-order valence-electron chi connectivity index (χ2n) is 7.63. The van der Waals surface area contributed by atoms with Crippen LogP contribution >= 0.6 is 11.6 Å². The molecule has 0 saturated heterocycles. The Morgan fingerprint density at radius 1 is 1.05 bits per heavy atom. The highest BCUT2D eigenvalue weighted by Crippen LogP contribution is 2.44. The fourth-order valence-corrected chi connectivity index (χ4v) is 5.05. The van der Waals surface area contributed by atoms with Crippen molar-refractivity contribution in [2.45, 2.75) is 81.3 Å². The predicted molar refractivity (Wildman–Crippen MR) is 90.2 cm³/mol. The zero-order chi connectivity index (χ0) is 15.7. The van der Waals surface area contributed by atoms with Crippen LogP contribution in [0.4, 0.5) is 4.39 Å². The Morgan fingerprint density at radius 2 is 1.77 bits per heavy atom. The molecule has 0 spiro atoms. The first kappa shape index (κ1) is 16.8. The number of rotatable bonds is 2. The fourth-order valence-electron chi connectivity index (χ4n) is 4.75. The van der Waals surface area contributed by atoms with E-state index in [9.17, 15) is 9.50 Å². The van der Waals surface area contributed by atoms with E-state index in [1.165, 1.54) is 37.7 Å². The minimum absolute atomic E-state index is 0.0633. The standard InChI is InChI=1S/C18H27BClFO/c19-14-7-5-12(6-8-14)11-1-3-13(4-2-11)15-9-10-16(22)17(20)18(15)21/h3,11-12,14-18,22H,1-2,4-10H2. The van der Waals surface area contributed by atoms with Crippen LogP contribution < -0.4 is 0 Å². The quantitative estimate of drug-likeness (QED) is 0.448. The molecule has 2 fully saturated rings. The molecule has 0 aromatic carbocycles. The van der Waals surface area contributed by atoms with Gasteiger partial charge < -0.3 is 5.11 Å². The van der Waals surface area contributed by atoms with Gasteiger partial charge in [0.2, 0.25) is 0 Å². The lowest BCUT2D eigenvalue weighted by molar-refractivity contribution is 0.0623. The van der Waals surface area contributed by atoms with Gasteiger partial charge in [0.15, 0.2) is 0 Å². The molecule has 4 heteroatoms. The summed E-state index contributed by atoms with van der Waals surface area (Å²) in [5.41, 5.74) is 1.26. The number of aliphatic hydroxyl groups is 1. The lowest BCUT2D eigenvalue weighted by Gasteiger charge is -2.39. The highest BCUT2D eigenvalue weighted by molar-refractivity contribution is 6.21. The third-order valence-electron chi connectivity index (χ3n) is 6.28. The number of hydrogen-bond donors (Lipinski definition) is 1. The maximum atomic E-state index is 14.4. The van der Waals surface area contributed by atoms with Crippen LogP contribution in [0.3, 0.4) is 0 Å². The highest BCUT2D eigenvalue weighted by atomic mass is 35.5. The van der Waals surface area contributed by atoms with Crippen LogP contribution in [0, 0.1) is 17.8 Å². The van der Waals surface area contributed by atoms with E-state index < -0.39 is 17.7 Å². The van der Waals surface area contributed by atoms with Gasteiger partial charge in [-0.05, 0) is 43.9 Å². The Balaban J connectivity index is 1.57. The Kier molecular flexibility index (Phi) is 5.55. The van der Waals surface area contributed by atoms with Crippen molar-refractivity contribution < 1.29 is 9.50 Å². The summed E-state index contributed by atoms with van der Waals surface area (Å²) in [5, 5.41) is 8.96. The van der Waals surface area contributed by atoms with Crippen molar-refractivity contribution in [2.24, 2.45) is 17.8 Å². The monoisotopic (exact) mass is 324 g/mol. The number of aliphatic hydroxyl groups excluding tert-OH is 1. The molecule has 0 aliphatic heterocycles. The fraction of sp³-hybridized carbons (Fsp3) is 0.889. The smallest absolute Gasteiger partial charge is 0.125 e. The third-order valence-corrected chi connectivity index (χ3v) is 6.81. The molecule has 1 N–H and O–H groups in total. The van der Waals surface area contributed by atoms with Crippen LogP contribution in [0.15, 0.2) is 11.6 Å². The zero-order valence-electron chi connectivity index (χ0n) is 13.3. The average Bonchev–Trinajstić information content (AvgIpc) is 2.54. The molecule has 2 radical (unpaired) electrons. The Labute approximate surface area is 140 Å². The maximum absolute atomic E-state index is 14.4. The summed E-state index contributed by atoms with van der Waals surface area (Å²) in [5.74, 6) is 1.92. The van der Waals surface area contributed by atoms with Crippen molar-refractivity contribution in [3.05, 3.63) is 11.6 Å². The van der Waals surface area contributed by atoms with E-state index >= 15 is 0 Å². The molecule has 122 valence electrons. The Hall–Kier alpha value is -0.0151. The van der Waals surface area contributed by atoms with Crippen molar-refractivity contribution in [3.63, 3.8) is 0 Å². The van der Waals surface area contributed by atoms with E-state index in [2.05, 4.69) is 6.08 Å². The molecule has 3 aliphatic rings. The Morgan fingerprint density at radius 3 is 2.41 bits per heavy atom. The maximum Gasteiger partial charge on any atom is 0.125 e. The van der Waals surface area contributed by atoms with Gasteiger partial charge in [-0.15, -0.1) is 11.6 Å². The van der Waals surface area contributed by atoms with Crippen molar-refractivity contribution >= 4 is 19.4 Å². The molecule has 5 unspecified atom stereocenters. The topological polar surface area (TPSA) is 20.2 Å². The number of allylic oxidation sites excluding steroid dienone is 2. The molecule has 22 heavy (non-hydrogen) atoms. The van der Waals surface area contributed by atoms with Gasteiger partial charge in [-0.3, -0.25) is 0 Å². The SMILES string of the molecule is [B]C1CCC(C2CC=C(C3CCC(O)C(Cl)C3F)CC2)CC1. The summed E-state index contributed by atoms with van der Waals surface area (Å²) in [4.78, 5) is 0. The Bertz CT molecular complexity index is 408. The molecule has 1 nitrogen and oxygen atoms in total. The van der Waals surface area contributed by atoms with Crippen molar-refractivity contribution in [1.29, 1.82) is 0 Å². The lowest BCUT2D eigenvalue weighted by atomic mass is 9.66. The molecule has 0 aromatic rings. The van der Waals surface area contributed by atoms with E-state index in [4.69, 9.17) is 19.4 Å². The molecular formula is C18H27BClFO. The third kappa shape index (κ3) is 3.56. The molecule has 0 bridgehead atoms. The number of halogens is 2. The predicted octanol–water partition coefficient (Wildman–Crippen LogP) is 4.58. The van der Waals surface area contributed by atoms with E-state index in [0.717, 1.165) is 31.1 Å². The first-order chi connectivity index (χ1) is 10.6. The van der Waals surface area contributed by atoms with Crippen LogP contribution in [0.5, 0.6) is 0 Å². The van der Waals surface area contributed by atoms with E-state index in [1.807, 2.05) is 0 Å². The van der Waals surface area contributed by atoms with Crippen LogP contribution in [-0.2, 0) is 0 Å². The van der Waals surface area contributed by atoms with Crippen LogP contribution in [-0.4, -0.2) is 30.6 Å². The molecule has 5 atom stereocenters. The number of alkyl halides is 2. The molecule has 3 rings (SSSR count). The minimum Gasteiger partial charge on any atom is -0.391 e. The van der Waals surface area contributed by atoms with Crippen molar-refractivity contribution in [2.75, 3.05) is 0 Å². The first-order valence-corrected chi connectivity index (χ1v) is 9.40. The van der Waals surface area contributed by atoms with Crippen LogP contribution in [0.1, 0.15) is 57.8 Å². The van der Waals surface area contributed by atoms with Gasteiger partial charge >= 0.3 is 0 Å². The highest BCUT2D eigenvalue weighted by Gasteiger charge is 2.40. The summed E-state index contributed by atoms with van der Waals surface area (Å²) in [7, 11) is 6.00. The van der Waals surface area contributed by atoms with Crippen molar-refractivity contribution in [1.82, 2.24) is 0 Å². The van der Waals surface area contributed by atoms with Gasteiger partial charge in [0.05, 0.1) is 19.3 Å². The van der Waals surface area contributed by atoms with Gasteiger partial charge in [-0.2, -0.15) is 0 Å². The normalized spacial score (nSPS) is 47.0. The van der Waals surface area contributed by atoms with Crippen molar-refractivity contribution in [3.8, 4) is 0 Å². The van der Waals surface area contributed by atoms with E-state index in [0.29, 0.717) is 12.2 Å². The van der Waals surface area contributed by atoms with Crippen LogP contribution in [0.2, 0.25) is 5.82 Å². The molecule has 3 aliphatic carbocycles. The summed E-state index contributed by atoms with van der Waals surface area (Å²) in [6.07, 6.45) is 10.0. The molecule has 0 heterocycles. The molecule has 0 amide bonds. The van der Waals surface area contributed by atoms with Gasteiger partial charge in [0.25, 0.3) is 0 Å².